The van der Waals surface area contributed by atoms with Gasteiger partial charge in [-0.05, 0) is 49.2 Å². The van der Waals surface area contributed by atoms with Crippen molar-refractivity contribution in [1.29, 1.82) is 0 Å². The first-order valence-corrected chi connectivity index (χ1v) is 11.6. The number of ether oxygens (including phenoxy) is 1. The highest BCUT2D eigenvalue weighted by Crippen LogP contribution is 2.39. The monoisotopic (exact) mass is 430 g/mol. The number of rotatable bonds is 4. The van der Waals surface area contributed by atoms with Crippen molar-refractivity contribution >= 4 is 33.2 Å². The van der Waals surface area contributed by atoms with Gasteiger partial charge in [-0.1, -0.05) is 25.1 Å². The fourth-order valence-corrected chi connectivity index (χ4v) is 4.56. The number of hydrogen-bond donors (Lipinski definition) is 0. The zero-order chi connectivity index (χ0) is 22.1. The Morgan fingerprint density at radius 2 is 1.67 bits per heavy atom. The molecule has 30 heavy (non-hydrogen) atoms. The van der Waals surface area contributed by atoms with E-state index in [-0.39, 0.29) is 29.2 Å². The van der Waals surface area contributed by atoms with Crippen molar-refractivity contribution in [2.24, 2.45) is 0 Å². The Bertz CT molecular complexity index is 1060. The molecule has 1 atom stereocenters. The maximum atomic E-state index is 12.6. The summed E-state index contributed by atoms with van der Waals surface area (Å²) in [4.78, 5) is 28.3. The van der Waals surface area contributed by atoms with Gasteiger partial charge in [0.15, 0.2) is 9.84 Å². The molecule has 8 heteroatoms. The highest BCUT2D eigenvalue weighted by Gasteiger charge is 2.34. The highest BCUT2D eigenvalue weighted by atomic mass is 32.2. The molecule has 1 heterocycles. The van der Waals surface area contributed by atoms with E-state index in [0.717, 1.165) is 11.1 Å². The van der Waals surface area contributed by atoms with Crippen molar-refractivity contribution < 1.29 is 22.7 Å². The van der Waals surface area contributed by atoms with Gasteiger partial charge in [0.25, 0.3) is 0 Å². The van der Waals surface area contributed by atoms with Crippen LogP contribution in [0.5, 0.6) is 0 Å². The van der Waals surface area contributed by atoms with Gasteiger partial charge in [0.1, 0.15) is 0 Å². The SMILES string of the molecule is CCOC(=O)N1C[C@H](C)N(C(C)=O)c2ccc(-c3ccc(S(=O)(=O)CC)cc3)cc21. The number of amides is 2. The van der Waals surface area contributed by atoms with E-state index in [1.165, 1.54) is 6.92 Å². The molecular formula is C22H26N2O5S. The van der Waals surface area contributed by atoms with Crippen LogP contribution in [0.1, 0.15) is 27.7 Å². The first kappa shape index (κ1) is 21.8. The molecule has 0 fully saturated rings. The van der Waals surface area contributed by atoms with Gasteiger partial charge in [-0.25, -0.2) is 13.2 Å². The Kier molecular flexibility index (Phi) is 6.17. The molecule has 1 aliphatic rings. The summed E-state index contributed by atoms with van der Waals surface area (Å²) in [5.74, 6) is -0.0622. The van der Waals surface area contributed by atoms with Gasteiger partial charge in [0.05, 0.1) is 34.7 Å². The summed E-state index contributed by atoms with van der Waals surface area (Å²) in [7, 11) is -3.27. The number of hydrogen-bond acceptors (Lipinski definition) is 5. The highest BCUT2D eigenvalue weighted by molar-refractivity contribution is 7.91. The van der Waals surface area contributed by atoms with Crippen LogP contribution in [-0.4, -0.2) is 45.4 Å². The van der Waals surface area contributed by atoms with Crippen molar-refractivity contribution in [2.45, 2.75) is 38.6 Å². The summed E-state index contributed by atoms with van der Waals surface area (Å²) in [6.07, 6.45) is -0.463. The van der Waals surface area contributed by atoms with E-state index in [4.69, 9.17) is 4.74 Å². The standard InChI is InChI=1S/C22H26N2O5S/c1-5-29-22(26)23-14-15(3)24(16(4)25)20-12-9-18(13-21(20)23)17-7-10-19(11-8-17)30(27,28)6-2/h7-13,15H,5-6,14H2,1-4H3/t15-/m0/s1. The average molecular weight is 431 g/mol. The van der Waals surface area contributed by atoms with Crippen LogP contribution >= 0.6 is 0 Å². The van der Waals surface area contributed by atoms with Crippen LogP contribution < -0.4 is 9.80 Å². The Balaban J connectivity index is 2.07. The van der Waals surface area contributed by atoms with Gasteiger partial charge in [0, 0.05) is 13.5 Å². The molecule has 0 spiro atoms. The molecule has 0 radical (unpaired) electrons. The van der Waals surface area contributed by atoms with E-state index in [0.29, 0.717) is 17.9 Å². The van der Waals surface area contributed by atoms with E-state index >= 15 is 0 Å². The molecule has 2 aromatic rings. The zero-order valence-electron chi connectivity index (χ0n) is 17.6. The minimum atomic E-state index is -3.27. The summed E-state index contributed by atoms with van der Waals surface area (Å²) in [5.41, 5.74) is 2.85. The number of sulfone groups is 1. The molecule has 0 aromatic heterocycles. The van der Waals surface area contributed by atoms with Crippen LogP contribution in [0.3, 0.4) is 0 Å². The number of anilines is 2. The van der Waals surface area contributed by atoms with Gasteiger partial charge < -0.3 is 9.64 Å². The molecule has 0 unspecified atom stereocenters. The summed E-state index contributed by atoms with van der Waals surface area (Å²) in [6.45, 7) is 7.32. The number of carbonyl (C=O) groups is 2. The molecule has 0 saturated heterocycles. The Morgan fingerprint density at radius 1 is 1.03 bits per heavy atom. The molecule has 2 amide bonds. The largest absolute Gasteiger partial charge is 0.449 e. The zero-order valence-corrected chi connectivity index (χ0v) is 18.4. The van der Waals surface area contributed by atoms with Crippen LogP contribution in [0, 0.1) is 0 Å². The predicted molar refractivity (Wildman–Crippen MR) is 117 cm³/mol. The third kappa shape index (κ3) is 4.05. The van der Waals surface area contributed by atoms with Gasteiger partial charge >= 0.3 is 6.09 Å². The molecule has 0 bridgehead atoms. The van der Waals surface area contributed by atoms with E-state index in [1.54, 1.807) is 47.9 Å². The lowest BCUT2D eigenvalue weighted by molar-refractivity contribution is -0.117. The topological polar surface area (TPSA) is 84.0 Å². The second-order valence-corrected chi connectivity index (χ2v) is 9.46. The summed E-state index contributed by atoms with van der Waals surface area (Å²) < 4.78 is 29.3. The van der Waals surface area contributed by atoms with Gasteiger partial charge in [-0.15, -0.1) is 0 Å². The predicted octanol–water partition coefficient (Wildman–Crippen LogP) is 3.87. The molecule has 0 aliphatic carbocycles. The fourth-order valence-electron chi connectivity index (χ4n) is 3.68. The second-order valence-electron chi connectivity index (χ2n) is 7.18. The number of carbonyl (C=O) groups excluding carboxylic acids is 2. The lowest BCUT2D eigenvalue weighted by atomic mass is 10.0. The second kappa shape index (κ2) is 8.47. The normalized spacial score (nSPS) is 16.2. The van der Waals surface area contributed by atoms with E-state index in [2.05, 4.69) is 0 Å². The average Bonchev–Trinajstić information content (AvgIpc) is 2.72. The number of fused-ring (bicyclic) bond motifs is 1. The van der Waals surface area contributed by atoms with Crippen LogP contribution in [0.2, 0.25) is 0 Å². The first-order valence-electron chi connectivity index (χ1n) is 9.91. The van der Waals surface area contributed by atoms with Crippen molar-refractivity contribution in [3.63, 3.8) is 0 Å². The van der Waals surface area contributed by atoms with E-state index in [1.807, 2.05) is 25.1 Å². The van der Waals surface area contributed by atoms with Crippen molar-refractivity contribution in [3.8, 4) is 11.1 Å². The fraction of sp³-hybridized carbons (Fsp3) is 0.364. The Hall–Kier alpha value is -2.87. The van der Waals surface area contributed by atoms with Crippen molar-refractivity contribution in [2.75, 3.05) is 28.7 Å². The van der Waals surface area contributed by atoms with E-state index < -0.39 is 15.9 Å². The molecular weight excluding hydrogens is 404 g/mol. The maximum absolute atomic E-state index is 12.6. The lowest BCUT2D eigenvalue weighted by Crippen LogP contribution is -2.51. The van der Waals surface area contributed by atoms with E-state index in [9.17, 15) is 18.0 Å². The van der Waals surface area contributed by atoms with Crippen LogP contribution in [0.25, 0.3) is 11.1 Å². The Labute approximate surface area is 177 Å². The molecule has 0 N–H and O–H groups in total. The molecule has 1 aliphatic heterocycles. The van der Waals surface area contributed by atoms with Crippen molar-refractivity contribution in [1.82, 2.24) is 0 Å². The van der Waals surface area contributed by atoms with Gasteiger partial charge in [0.2, 0.25) is 5.91 Å². The van der Waals surface area contributed by atoms with Crippen LogP contribution in [-0.2, 0) is 19.4 Å². The maximum Gasteiger partial charge on any atom is 0.414 e. The quantitative estimate of drug-likeness (QED) is 0.735. The smallest absolute Gasteiger partial charge is 0.414 e. The van der Waals surface area contributed by atoms with Gasteiger partial charge in [-0.3, -0.25) is 9.69 Å². The summed E-state index contributed by atoms with van der Waals surface area (Å²) >= 11 is 0. The number of nitrogens with zero attached hydrogens (tertiary/aromatic N) is 2. The third-order valence-corrected chi connectivity index (χ3v) is 6.92. The minimum Gasteiger partial charge on any atom is -0.449 e. The van der Waals surface area contributed by atoms with Crippen molar-refractivity contribution in [3.05, 3.63) is 42.5 Å². The first-order chi connectivity index (χ1) is 14.2. The minimum absolute atomic E-state index is 0.0404. The third-order valence-electron chi connectivity index (χ3n) is 5.17. The number of benzene rings is 2. The molecule has 3 rings (SSSR count). The van der Waals surface area contributed by atoms with Crippen LogP contribution in [0.4, 0.5) is 16.2 Å². The lowest BCUT2D eigenvalue weighted by Gasteiger charge is -2.40. The van der Waals surface area contributed by atoms with Crippen LogP contribution in [0.15, 0.2) is 47.4 Å². The van der Waals surface area contributed by atoms with Gasteiger partial charge in [-0.2, -0.15) is 0 Å². The molecule has 7 nitrogen and oxygen atoms in total. The Morgan fingerprint density at radius 3 is 2.23 bits per heavy atom. The molecule has 0 saturated carbocycles. The molecule has 160 valence electrons. The molecule has 2 aromatic carbocycles. The summed E-state index contributed by atoms with van der Waals surface area (Å²) in [6, 6.07) is 12.0. The summed E-state index contributed by atoms with van der Waals surface area (Å²) in [5, 5.41) is 0.